The molecule has 1 aromatic heterocycles. The lowest BCUT2D eigenvalue weighted by Crippen LogP contribution is -2.76. The van der Waals surface area contributed by atoms with Gasteiger partial charge in [0.25, 0.3) is 0 Å². The largest absolute Gasteiger partial charge is 0.324 e. The molecule has 2 bridgehead atoms. The summed E-state index contributed by atoms with van der Waals surface area (Å²) in [5, 5.41) is 16.8. The van der Waals surface area contributed by atoms with Gasteiger partial charge in [0.2, 0.25) is 5.91 Å². The van der Waals surface area contributed by atoms with E-state index in [0.717, 1.165) is 31.2 Å². The first-order valence-corrected chi connectivity index (χ1v) is 9.93. The van der Waals surface area contributed by atoms with E-state index in [1.807, 2.05) is 18.2 Å². The Balaban J connectivity index is 1.22. The Hall–Kier alpha value is -3.23. The molecule has 6 rings (SSSR count). The predicted molar refractivity (Wildman–Crippen MR) is 112 cm³/mol. The number of para-hydroxylation sites is 1. The summed E-state index contributed by atoms with van der Waals surface area (Å²) in [7, 11) is 0. The van der Waals surface area contributed by atoms with Crippen LogP contribution in [-0.4, -0.2) is 16.4 Å². The minimum absolute atomic E-state index is 0.0784. The Morgan fingerprint density at radius 1 is 1.17 bits per heavy atom. The van der Waals surface area contributed by atoms with Crippen LogP contribution in [0.1, 0.15) is 36.0 Å². The van der Waals surface area contributed by atoms with Gasteiger partial charge in [-0.15, -0.1) is 0 Å². The normalized spacial score (nSPS) is 24.3. The number of aromatic nitrogens is 1. The maximum atomic E-state index is 12.9. The summed E-state index contributed by atoms with van der Waals surface area (Å²) in [6.45, 7) is 2.98. The Morgan fingerprint density at radius 3 is 2.72 bits per heavy atom. The number of aryl methyl sites for hydroxylation is 1. The summed E-state index contributed by atoms with van der Waals surface area (Å²) in [5.74, 6) is 0.0784. The third-order valence-corrected chi connectivity index (χ3v) is 6.52. The van der Waals surface area contributed by atoms with Crippen LogP contribution in [0, 0.1) is 23.7 Å². The molecule has 3 saturated carbocycles. The number of amides is 1. The molecule has 1 amide bonds. The zero-order valence-electron chi connectivity index (χ0n) is 16.3. The lowest BCUT2D eigenvalue weighted by Gasteiger charge is -2.69. The standard InChI is InChI=1S/C24H22N4O/c1-16-5-2-3-6-19(16)11-27-24-13-23(14-24,15-24)22(29)28-20-9-17-7-4-8-18(10-25)21(17)26-12-20/h2-9,12,27H,11,13-15H2,1H3,(H,28,29). The van der Waals surface area contributed by atoms with Crippen LogP contribution in [0.5, 0.6) is 0 Å². The lowest BCUT2D eigenvalue weighted by molar-refractivity contribution is -0.175. The minimum Gasteiger partial charge on any atom is -0.324 e. The lowest BCUT2D eigenvalue weighted by atomic mass is 9.39. The first kappa shape index (κ1) is 17.8. The van der Waals surface area contributed by atoms with Gasteiger partial charge in [0, 0.05) is 17.5 Å². The smallest absolute Gasteiger partial charge is 0.230 e. The van der Waals surface area contributed by atoms with E-state index in [0.29, 0.717) is 16.8 Å². The molecule has 0 spiro atoms. The van der Waals surface area contributed by atoms with Crippen LogP contribution in [0.3, 0.4) is 0 Å². The quantitative estimate of drug-likeness (QED) is 0.697. The second kappa shape index (κ2) is 6.40. The van der Waals surface area contributed by atoms with Crippen molar-refractivity contribution in [3.63, 3.8) is 0 Å². The number of pyridine rings is 1. The van der Waals surface area contributed by atoms with Crippen molar-refractivity contribution in [2.24, 2.45) is 5.41 Å². The van der Waals surface area contributed by atoms with Crippen LogP contribution >= 0.6 is 0 Å². The average Bonchev–Trinajstić information content (AvgIpc) is 2.66. The number of carbonyl (C=O) groups is 1. The Labute approximate surface area is 169 Å². The van der Waals surface area contributed by atoms with Crippen LogP contribution in [0.4, 0.5) is 5.69 Å². The number of nitrogens with zero attached hydrogens (tertiary/aromatic N) is 2. The van der Waals surface area contributed by atoms with Crippen LogP contribution in [0.15, 0.2) is 54.7 Å². The molecule has 0 unspecified atom stereocenters. The summed E-state index contributed by atoms with van der Waals surface area (Å²) in [6, 6.07) is 17.9. The minimum atomic E-state index is -0.248. The van der Waals surface area contributed by atoms with Crippen molar-refractivity contribution in [2.75, 3.05) is 5.32 Å². The summed E-state index contributed by atoms with van der Waals surface area (Å²) >= 11 is 0. The molecule has 3 aromatic rings. The molecule has 3 fully saturated rings. The molecule has 5 heteroatoms. The van der Waals surface area contributed by atoms with E-state index >= 15 is 0 Å². The first-order chi connectivity index (χ1) is 14.0. The highest BCUT2D eigenvalue weighted by atomic mass is 16.2. The van der Waals surface area contributed by atoms with Crippen molar-refractivity contribution in [3.8, 4) is 6.07 Å². The van der Waals surface area contributed by atoms with Gasteiger partial charge in [0.15, 0.2) is 0 Å². The Kier molecular flexibility index (Phi) is 3.94. The van der Waals surface area contributed by atoms with Crippen LogP contribution in [-0.2, 0) is 11.3 Å². The van der Waals surface area contributed by atoms with Crippen molar-refractivity contribution in [1.29, 1.82) is 5.26 Å². The molecule has 3 aliphatic rings. The maximum absolute atomic E-state index is 12.9. The second-order valence-electron chi connectivity index (χ2n) is 8.54. The fraction of sp³-hybridized carbons (Fsp3) is 0.292. The fourth-order valence-corrected chi connectivity index (χ4v) is 4.89. The number of hydrogen-bond donors (Lipinski definition) is 2. The molecule has 5 nitrogen and oxygen atoms in total. The summed E-state index contributed by atoms with van der Waals surface area (Å²) in [5.41, 5.74) is 4.37. The van der Waals surface area contributed by atoms with Gasteiger partial charge >= 0.3 is 0 Å². The number of hydrogen-bond acceptors (Lipinski definition) is 4. The van der Waals surface area contributed by atoms with Crippen LogP contribution in [0.25, 0.3) is 10.9 Å². The van der Waals surface area contributed by atoms with Crippen molar-refractivity contribution >= 4 is 22.5 Å². The molecule has 2 N–H and O–H groups in total. The average molecular weight is 382 g/mol. The number of fused-ring (bicyclic) bond motifs is 1. The zero-order chi connectivity index (χ0) is 20.1. The van der Waals surface area contributed by atoms with Crippen LogP contribution < -0.4 is 10.6 Å². The number of rotatable bonds is 5. The predicted octanol–water partition coefficient (Wildman–Crippen LogP) is 4.07. The van der Waals surface area contributed by atoms with Gasteiger partial charge in [-0.25, -0.2) is 0 Å². The van der Waals surface area contributed by atoms with Gasteiger partial charge in [-0.05, 0) is 49.4 Å². The zero-order valence-corrected chi connectivity index (χ0v) is 16.3. The van der Waals surface area contributed by atoms with Gasteiger partial charge in [-0.2, -0.15) is 5.26 Å². The molecule has 0 aliphatic heterocycles. The molecule has 2 aromatic carbocycles. The molecule has 0 atom stereocenters. The van der Waals surface area contributed by atoms with Crippen molar-refractivity contribution in [2.45, 2.75) is 38.3 Å². The molecular weight excluding hydrogens is 360 g/mol. The molecule has 144 valence electrons. The third kappa shape index (κ3) is 2.88. The third-order valence-electron chi connectivity index (χ3n) is 6.52. The van der Waals surface area contributed by atoms with Gasteiger partial charge in [-0.1, -0.05) is 36.4 Å². The van der Waals surface area contributed by atoms with E-state index in [9.17, 15) is 10.1 Å². The first-order valence-electron chi connectivity index (χ1n) is 9.93. The second-order valence-corrected chi connectivity index (χ2v) is 8.54. The van der Waals surface area contributed by atoms with Crippen LogP contribution in [0.2, 0.25) is 0 Å². The Morgan fingerprint density at radius 2 is 1.97 bits per heavy atom. The molecule has 0 saturated heterocycles. The van der Waals surface area contributed by atoms with Gasteiger partial charge < -0.3 is 10.6 Å². The number of benzene rings is 2. The van der Waals surface area contributed by atoms with E-state index in [-0.39, 0.29) is 16.9 Å². The van der Waals surface area contributed by atoms with Gasteiger partial charge in [0.1, 0.15) is 6.07 Å². The van der Waals surface area contributed by atoms with E-state index in [1.54, 1.807) is 12.3 Å². The highest BCUT2D eigenvalue weighted by Gasteiger charge is 2.71. The van der Waals surface area contributed by atoms with Gasteiger partial charge in [0.05, 0.1) is 28.4 Å². The van der Waals surface area contributed by atoms with E-state index in [2.05, 4.69) is 52.9 Å². The summed E-state index contributed by atoms with van der Waals surface area (Å²) in [4.78, 5) is 17.2. The summed E-state index contributed by atoms with van der Waals surface area (Å²) in [6.07, 6.45) is 4.30. The van der Waals surface area contributed by atoms with E-state index in [4.69, 9.17) is 0 Å². The number of nitrogens with one attached hydrogen (secondary N) is 2. The molecule has 1 heterocycles. The molecule has 0 radical (unpaired) electrons. The van der Waals surface area contributed by atoms with E-state index < -0.39 is 0 Å². The number of carbonyl (C=O) groups excluding carboxylic acids is 1. The molecular formula is C24H22N4O. The van der Waals surface area contributed by atoms with E-state index in [1.165, 1.54) is 11.1 Å². The monoisotopic (exact) mass is 382 g/mol. The number of anilines is 1. The SMILES string of the molecule is Cc1ccccc1CNC12CC(C(=O)Nc3cnc4c(C#N)cccc4c3)(C1)C2. The summed E-state index contributed by atoms with van der Waals surface area (Å²) < 4.78 is 0. The number of nitriles is 1. The van der Waals surface area contributed by atoms with Crippen molar-refractivity contribution in [1.82, 2.24) is 10.3 Å². The molecule has 29 heavy (non-hydrogen) atoms. The van der Waals surface area contributed by atoms with Gasteiger partial charge in [-0.3, -0.25) is 9.78 Å². The fourth-order valence-electron chi connectivity index (χ4n) is 4.89. The maximum Gasteiger partial charge on any atom is 0.230 e. The van der Waals surface area contributed by atoms with Crippen molar-refractivity contribution < 1.29 is 4.79 Å². The highest BCUT2D eigenvalue weighted by molar-refractivity contribution is 5.99. The highest BCUT2D eigenvalue weighted by Crippen LogP contribution is 2.67. The Bertz CT molecular complexity index is 1160. The topological polar surface area (TPSA) is 77.8 Å². The molecule has 3 aliphatic carbocycles. The van der Waals surface area contributed by atoms with Crippen molar-refractivity contribution in [3.05, 3.63) is 71.4 Å².